The second-order valence-corrected chi connectivity index (χ2v) is 6.09. The number of aliphatic carboxylic acids is 1. The van der Waals surface area contributed by atoms with E-state index in [1.165, 1.54) is 0 Å². The van der Waals surface area contributed by atoms with E-state index in [-0.39, 0.29) is 5.92 Å². The number of pyridine rings is 1. The third-order valence-electron chi connectivity index (χ3n) is 4.49. The number of hydrogen-bond acceptors (Lipinski definition) is 3. The SMILES string of the molecule is O=C(O)C1=C(C(CC=Cc2ccccn2)c2ccccc2)CCNC1. The smallest absolute Gasteiger partial charge is 0.332 e. The molecule has 1 aromatic heterocycles. The highest BCUT2D eigenvalue weighted by atomic mass is 16.4. The van der Waals surface area contributed by atoms with Crippen LogP contribution < -0.4 is 5.32 Å². The number of nitrogens with zero attached hydrogens (tertiary/aromatic N) is 1. The molecule has 2 heterocycles. The molecular formula is C21H22N2O2. The molecule has 4 heteroatoms. The molecule has 25 heavy (non-hydrogen) atoms. The first-order chi connectivity index (χ1) is 12.3. The molecule has 0 fully saturated rings. The van der Waals surface area contributed by atoms with E-state index in [0.29, 0.717) is 12.1 Å². The van der Waals surface area contributed by atoms with Crippen molar-refractivity contribution in [1.82, 2.24) is 10.3 Å². The number of aromatic nitrogens is 1. The summed E-state index contributed by atoms with van der Waals surface area (Å²) >= 11 is 0. The Kier molecular flexibility index (Phi) is 5.75. The van der Waals surface area contributed by atoms with Gasteiger partial charge in [0.25, 0.3) is 0 Å². The van der Waals surface area contributed by atoms with Gasteiger partial charge in [0.05, 0.1) is 11.3 Å². The number of nitrogens with one attached hydrogen (secondary N) is 1. The van der Waals surface area contributed by atoms with E-state index in [2.05, 4.69) is 28.5 Å². The van der Waals surface area contributed by atoms with Gasteiger partial charge in [0.15, 0.2) is 0 Å². The molecule has 0 amide bonds. The second kappa shape index (κ2) is 8.40. The first kappa shape index (κ1) is 17.1. The fourth-order valence-corrected chi connectivity index (χ4v) is 3.26. The fraction of sp³-hybridized carbons (Fsp3) is 0.238. The van der Waals surface area contributed by atoms with Gasteiger partial charge in [-0.25, -0.2) is 4.79 Å². The summed E-state index contributed by atoms with van der Waals surface area (Å²) in [5.74, 6) is -0.744. The molecule has 0 saturated heterocycles. The molecule has 2 N–H and O–H groups in total. The van der Waals surface area contributed by atoms with Crippen LogP contribution >= 0.6 is 0 Å². The number of carboxylic acid groups (broad SMARTS) is 1. The fourth-order valence-electron chi connectivity index (χ4n) is 3.26. The summed E-state index contributed by atoms with van der Waals surface area (Å²) in [5.41, 5.74) is 3.60. The van der Waals surface area contributed by atoms with Crippen molar-refractivity contribution in [2.24, 2.45) is 0 Å². The van der Waals surface area contributed by atoms with Crippen molar-refractivity contribution >= 4 is 12.0 Å². The zero-order valence-corrected chi connectivity index (χ0v) is 14.1. The summed E-state index contributed by atoms with van der Waals surface area (Å²) < 4.78 is 0. The van der Waals surface area contributed by atoms with Crippen molar-refractivity contribution in [2.75, 3.05) is 13.1 Å². The van der Waals surface area contributed by atoms with Crippen molar-refractivity contribution < 1.29 is 9.90 Å². The first-order valence-corrected chi connectivity index (χ1v) is 8.54. The predicted octanol–water partition coefficient (Wildman–Crippen LogP) is 3.64. The van der Waals surface area contributed by atoms with Gasteiger partial charge in [-0.15, -0.1) is 0 Å². The predicted molar refractivity (Wildman–Crippen MR) is 99.2 cm³/mol. The van der Waals surface area contributed by atoms with Crippen LogP contribution in [0.3, 0.4) is 0 Å². The number of rotatable bonds is 6. The standard InChI is InChI=1S/C21H22N2O2/c24-21(25)20-15-22-14-12-19(20)18(16-7-2-1-3-8-16)11-6-10-17-9-4-5-13-23-17/h1-10,13,18,22H,11-12,14-15H2,(H,24,25). The minimum atomic E-state index is -0.822. The normalized spacial score (nSPS) is 16.2. The molecule has 0 saturated carbocycles. The van der Waals surface area contributed by atoms with Gasteiger partial charge in [-0.3, -0.25) is 4.98 Å². The van der Waals surface area contributed by atoms with Crippen molar-refractivity contribution in [3.63, 3.8) is 0 Å². The molecule has 0 bridgehead atoms. The van der Waals surface area contributed by atoms with E-state index in [0.717, 1.165) is 36.2 Å². The monoisotopic (exact) mass is 334 g/mol. The van der Waals surface area contributed by atoms with Gasteiger partial charge in [0, 0.05) is 18.7 Å². The molecule has 128 valence electrons. The van der Waals surface area contributed by atoms with E-state index in [1.807, 2.05) is 42.5 Å². The maximum atomic E-state index is 11.7. The minimum absolute atomic E-state index is 0.0781. The Morgan fingerprint density at radius 2 is 2.00 bits per heavy atom. The summed E-state index contributed by atoms with van der Waals surface area (Å²) in [7, 11) is 0. The van der Waals surface area contributed by atoms with E-state index in [4.69, 9.17) is 0 Å². The molecule has 1 unspecified atom stereocenters. The molecule has 0 spiro atoms. The third kappa shape index (κ3) is 4.43. The van der Waals surface area contributed by atoms with Gasteiger partial charge in [0.2, 0.25) is 0 Å². The molecule has 1 aliphatic heterocycles. The van der Waals surface area contributed by atoms with Crippen molar-refractivity contribution in [3.05, 3.63) is 83.2 Å². The molecule has 4 nitrogen and oxygen atoms in total. The molecule has 1 aliphatic rings. The lowest BCUT2D eigenvalue weighted by atomic mass is 9.82. The molecule has 1 atom stereocenters. The zero-order valence-electron chi connectivity index (χ0n) is 14.1. The highest BCUT2D eigenvalue weighted by Gasteiger charge is 2.25. The Bertz CT molecular complexity index is 767. The average Bonchev–Trinajstić information content (AvgIpc) is 2.67. The van der Waals surface area contributed by atoms with Crippen molar-refractivity contribution in [2.45, 2.75) is 18.8 Å². The average molecular weight is 334 g/mol. The zero-order chi connectivity index (χ0) is 17.5. The summed E-state index contributed by atoms with van der Waals surface area (Å²) in [6.07, 6.45) is 7.38. The van der Waals surface area contributed by atoms with Crippen LogP contribution in [0.2, 0.25) is 0 Å². The molecule has 2 aromatic rings. The van der Waals surface area contributed by atoms with Crippen LogP contribution in [-0.4, -0.2) is 29.1 Å². The van der Waals surface area contributed by atoms with Gasteiger partial charge in [-0.2, -0.15) is 0 Å². The van der Waals surface area contributed by atoms with Gasteiger partial charge in [-0.05, 0) is 48.7 Å². The molecule has 1 aromatic carbocycles. The Labute approximate surface area is 147 Å². The van der Waals surface area contributed by atoms with E-state index < -0.39 is 5.97 Å². The van der Waals surface area contributed by atoms with Crippen LogP contribution in [0.25, 0.3) is 6.08 Å². The van der Waals surface area contributed by atoms with Crippen LogP contribution in [-0.2, 0) is 4.79 Å². The number of allylic oxidation sites excluding steroid dienone is 1. The maximum Gasteiger partial charge on any atom is 0.332 e. The van der Waals surface area contributed by atoms with Crippen LogP contribution in [0.5, 0.6) is 0 Å². The highest BCUT2D eigenvalue weighted by molar-refractivity contribution is 5.88. The number of hydrogen-bond donors (Lipinski definition) is 2. The van der Waals surface area contributed by atoms with Crippen LogP contribution in [0, 0.1) is 0 Å². The van der Waals surface area contributed by atoms with Gasteiger partial charge < -0.3 is 10.4 Å². The topological polar surface area (TPSA) is 62.2 Å². The Balaban J connectivity index is 1.90. The van der Waals surface area contributed by atoms with Crippen molar-refractivity contribution in [1.29, 1.82) is 0 Å². The van der Waals surface area contributed by atoms with Crippen LogP contribution in [0.1, 0.15) is 30.0 Å². The lowest BCUT2D eigenvalue weighted by molar-refractivity contribution is -0.132. The number of carboxylic acids is 1. The summed E-state index contributed by atoms with van der Waals surface area (Å²) in [6, 6.07) is 16.0. The number of benzene rings is 1. The quantitative estimate of drug-likeness (QED) is 0.846. The Morgan fingerprint density at radius 1 is 1.20 bits per heavy atom. The Hall–Kier alpha value is -2.72. The van der Waals surface area contributed by atoms with E-state index in [1.54, 1.807) is 6.20 Å². The van der Waals surface area contributed by atoms with Gasteiger partial charge >= 0.3 is 5.97 Å². The summed E-state index contributed by atoms with van der Waals surface area (Å²) in [4.78, 5) is 16.0. The van der Waals surface area contributed by atoms with Gasteiger partial charge in [0.1, 0.15) is 0 Å². The van der Waals surface area contributed by atoms with Crippen LogP contribution in [0.4, 0.5) is 0 Å². The first-order valence-electron chi connectivity index (χ1n) is 8.54. The van der Waals surface area contributed by atoms with E-state index in [9.17, 15) is 9.90 Å². The molecule has 0 aliphatic carbocycles. The molecule has 0 radical (unpaired) electrons. The number of carbonyl (C=O) groups is 1. The van der Waals surface area contributed by atoms with Gasteiger partial charge in [-0.1, -0.05) is 42.5 Å². The Morgan fingerprint density at radius 3 is 2.72 bits per heavy atom. The van der Waals surface area contributed by atoms with E-state index >= 15 is 0 Å². The van der Waals surface area contributed by atoms with Crippen molar-refractivity contribution in [3.8, 4) is 0 Å². The highest BCUT2D eigenvalue weighted by Crippen LogP contribution is 2.34. The summed E-state index contributed by atoms with van der Waals surface area (Å²) in [5, 5.41) is 12.7. The molecule has 3 rings (SSSR count). The van der Waals surface area contributed by atoms with Crippen LogP contribution in [0.15, 0.2) is 72.0 Å². The molecular weight excluding hydrogens is 312 g/mol. The summed E-state index contributed by atoms with van der Waals surface area (Å²) in [6.45, 7) is 1.25. The third-order valence-corrected chi connectivity index (χ3v) is 4.49. The minimum Gasteiger partial charge on any atom is -0.478 e. The second-order valence-electron chi connectivity index (χ2n) is 6.09. The largest absolute Gasteiger partial charge is 0.478 e. The lowest BCUT2D eigenvalue weighted by Gasteiger charge is -2.26. The maximum absolute atomic E-state index is 11.7. The lowest BCUT2D eigenvalue weighted by Crippen LogP contribution is -2.30.